The molecule has 6 nitrogen and oxygen atoms in total. The number of hydrogen-bond acceptors (Lipinski definition) is 6. The van der Waals surface area contributed by atoms with E-state index >= 15 is 0 Å². The lowest BCUT2D eigenvalue weighted by Crippen LogP contribution is -2.64. The molecule has 0 saturated carbocycles. The zero-order chi connectivity index (χ0) is 23.6. The van der Waals surface area contributed by atoms with Crippen LogP contribution >= 0.6 is 0 Å². The SMILES string of the molecule is CO[C@@H]1O[C@@H](COCc2ccccc2)[C@@H](N)[C@@H](OCc2ccccc2)[C@H]1OCc1ccccc1. The van der Waals surface area contributed by atoms with Crippen LogP contribution in [0.5, 0.6) is 0 Å². The van der Waals surface area contributed by atoms with Crippen LogP contribution < -0.4 is 5.73 Å². The smallest absolute Gasteiger partial charge is 0.186 e. The van der Waals surface area contributed by atoms with Gasteiger partial charge in [0.1, 0.15) is 18.3 Å². The van der Waals surface area contributed by atoms with Gasteiger partial charge in [0.15, 0.2) is 6.29 Å². The van der Waals surface area contributed by atoms with Gasteiger partial charge in [-0.25, -0.2) is 0 Å². The summed E-state index contributed by atoms with van der Waals surface area (Å²) in [6.07, 6.45) is -1.96. The minimum absolute atomic E-state index is 0.326. The van der Waals surface area contributed by atoms with Crippen molar-refractivity contribution in [2.75, 3.05) is 13.7 Å². The highest BCUT2D eigenvalue weighted by atomic mass is 16.7. The molecule has 5 atom stereocenters. The van der Waals surface area contributed by atoms with Gasteiger partial charge in [-0.3, -0.25) is 0 Å². The summed E-state index contributed by atoms with van der Waals surface area (Å²) in [5, 5.41) is 0. The molecule has 0 aliphatic carbocycles. The second-order valence-electron chi connectivity index (χ2n) is 8.38. The van der Waals surface area contributed by atoms with E-state index in [1.165, 1.54) is 0 Å². The first-order valence-electron chi connectivity index (χ1n) is 11.6. The molecule has 0 bridgehead atoms. The zero-order valence-electron chi connectivity index (χ0n) is 19.5. The lowest BCUT2D eigenvalue weighted by atomic mass is 9.96. The number of hydrogen-bond donors (Lipinski definition) is 1. The van der Waals surface area contributed by atoms with Gasteiger partial charge >= 0.3 is 0 Å². The minimum Gasteiger partial charge on any atom is -0.374 e. The largest absolute Gasteiger partial charge is 0.374 e. The van der Waals surface area contributed by atoms with Crippen LogP contribution in [0.2, 0.25) is 0 Å². The molecule has 2 N–H and O–H groups in total. The molecule has 34 heavy (non-hydrogen) atoms. The first kappa shape index (κ1) is 24.5. The molecule has 1 fully saturated rings. The third kappa shape index (κ3) is 6.73. The lowest BCUT2D eigenvalue weighted by Gasteiger charge is -2.44. The molecule has 0 spiro atoms. The van der Waals surface area contributed by atoms with E-state index in [1.54, 1.807) is 7.11 Å². The van der Waals surface area contributed by atoms with E-state index in [4.69, 9.17) is 29.4 Å². The third-order valence-corrected chi connectivity index (χ3v) is 5.91. The molecule has 0 amide bonds. The number of ether oxygens (including phenoxy) is 5. The third-order valence-electron chi connectivity index (χ3n) is 5.91. The summed E-state index contributed by atoms with van der Waals surface area (Å²) < 4.78 is 30.4. The second-order valence-corrected chi connectivity index (χ2v) is 8.38. The molecule has 3 aromatic rings. The Morgan fingerprint density at radius 1 is 0.676 bits per heavy atom. The van der Waals surface area contributed by atoms with Crippen LogP contribution in [0, 0.1) is 0 Å². The predicted octanol–water partition coefficient (Wildman–Crippen LogP) is 4.07. The second kappa shape index (κ2) is 12.8. The maximum absolute atomic E-state index is 6.68. The molecule has 1 heterocycles. The number of rotatable bonds is 11. The molecular weight excluding hydrogens is 430 g/mol. The van der Waals surface area contributed by atoms with Crippen molar-refractivity contribution in [1.82, 2.24) is 0 Å². The van der Waals surface area contributed by atoms with Crippen molar-refractivity contribution in [2.24, 2.45) is 5.73 Å². The van der Waals surface area contributed by atoms with Crippen LogP contribution in [0.3, 0.4) is 0 Å². The fourth-order valence-corrected chi connectivity index (χ4v) is 4.05. The first-order chi connectivity index (χ1) is 16.7. The molecule has 0 aromatic heterocycles. The minimum atomic E-state index is -0.630. The van der Waals surface area contributed by atoms with Crippen molar-refractivity contribution < 1.29 is 23.7 Å². The fraction of sp³-hybridized carbons (Fsp3) is 0.357. The van der Waals surface area contributed by atoms with Crippen molar-refractivity contribution in [3.8, 4) is 0 Å². The van der Waals surface area contributed by atoms with Crippen molar-refractivity contribution >= 4 is 0 Å². The van der Waals surface area contributed by atoms with Gasteiger partial charge in [0.05, 0.1) is 32.5 Å². The van der Waals surface area contributed by atoms with Crippen LogP contribution in [0.15, 0.2) is 91.0 Å². The highest BCUT2D eigenvalue weighted by molar-refractivity contribution is 5.15. The Kier molecular flexibility index (Phi) is 9.21. The van der Waals surface area contributed by atoms with Crippen LogP contribution in [0.4, 0.5) is 0 Å². The Morgan fingerprint density at radius 3 is 1.65 bits per heavy atom. The molecule has 1 saturated heterocycles. The molecule has 180 valence electrons. The summed E-state index contributed by atoms with van der Waals surface area (Å²) >= 11 is 0. The Bertz CT molecular complexity index is 956. The number of methoxy groups -OCH3 is 1. The maximum Gasteiger partial charge on any atom is 0.186 e. The van der Waals surface area contributed by atoms with E-state index in [1.807, 2.05) is 91.0 Å². The van der Waals surface area contributed by atoms with Gasteiger partial charge in [-0.15, -0.1) is 0 Å². The van der Waals surface area contributed by atoms with E-state index in [2.05, 4.69) is 0 Å². The van der Waals surface area contributed by atoms with E-state index in [0.717, 1.165) is 16.7 Å². The van der Waals surface area contributed by atoms with Gasteiger partial charge in [-0.2, -0.15) is 0 Å². The van der Waals surface area contributed by atoms with E-state index in [-0.39, 0.29) is 0 Å². The Hall–Kier alpha value is -2.58. The summed E-state index contributed by atoms with van der Waals surface area (Å²) in [5.41, 5.74) is 9.89. The van der Waals surface area contributed by atoms with Crippen molar-refractivity contribution in [1.29, 1.82) is 0 Å². The van der Waals surface area contributed by atoms with E-state index in [9.17, 15) is 0 Å². The monoisotopic (exact) mass is 463 g/mol. The highest BCUT2D eigenvalue weighted by Gasteiger charge is 2.46. The molecular formula is C28H33NO5. The van der Waals surface area contributed by atoms with Gasteiger partial charge in [0.25, 0.3) is 0 Å². The average molecular weight is 464 g/mol. The predicted molar refractivity (Wildman–Crippen MR) is 130 cm³/mol. The van der Waals surface area contributed by atoms with Crippen LogP contribution in [-0.2, 0) is 43.5 Å². The summed E-state index contributed by atoms with van der Waals surface area (Å²) in [6, 6.07) is 29.6. The lowest BCUT2D eigenvalue weighted by molar-refractivity contribution is -0.291. The number of nitrogens with two attached hydrogens (primary N) is 1. The van der Waals surface area contributed by atoms with Gasteiger partial charge < -0.3 is 29.4 Å². The molecule has 1 aliphatic heterocycles. The van der Waals surface area contributed by atoms with E-state index < -0.39 is 30.6 Å². The Morgan fingerprint density at radius 2 is 1.15 bits per heavy atom. The number of benzene rings is 3. The Labute approximate surface area is 201 Å². The van der Waals surface area contributed by atoms with Crippen molar-refractivity contribution in [3.05, 3.63) is 108 Å². The van der Waals surface area contributed by atoms with Crippen molar-refractivity contribution in [2.45, 2.75) is 50.5 Å². The quantitative estimate of drug-likeness (QED) is 0.462. The first-order valence-corrected chi connectivity index (χ1v) is 11.6. The van der Waals surface area contributed by atoms with Gasteiger partial charge in [-0.1, -0.05) is 91.0 Å². The van der Waals surface area contributed by atoms with Crippen LogP contribution in [-0.4, -0.2) is 44.4 Å². The van der Waals surface area contributed by atoms with Gasteiger partial charge in [0.2, 0.25) is 0 Å². The summed E-state index contributed by atoms with van der Waals surface area (Å²) in [7, 11) is 1.61. The van der Waals surface area contributed by atoms with Crippen molar-refractivity contribution in [3.63, 3.8) is 0 Å². The molecule has 6 heteroatoms. The zero-order valence-corrected chi connectivity index (χ0v) is 19.5. The van der Waals surface area contributed by atoms with Crippen LogP contribution in [0.25, 0.3) is 0 Å². The summed E-state index contributed by atoms with van der Waals surface area (Å²) in [6.45, 7) is 1.63. The molecule has 4 rings (SSSR count). The molecule has 3 aromatic carbocycles. The summed E-state index contributed by atoms with van der Waals surface area (Å²) in [5.74, 6) is 0. The summed E-state index contributed by atoms with van der Waals surface area (Å²) in [4.78, 5) is 0. The standard InChI is InChI=1S/C28H33NO5/c1-30-28-27(33-19-23-15-9-4-10-16-23)26(32-18-22-13-7-3-8-14-22)25(29)24(34-28)20-31-17-21-11-5-2-6-12-21/h2-16,24-28H,17-20,29H2,1H3/t24-,25+,26+,27+,28+/m0/s1. The van der Waals surface area contributed by atoms with Crippen LogP contribution in [0.1, 0.15) is 16.7 Å². The average Bonchev–Trinajstić information content (AvgIpc) is 2.89. The molecule has 1 aliphatic rings. The normalized spacial score (nSPS) is 24.7. The maximum atomic E-state index is 6.68. The van der Waals surface area contributed by atoms with Gasteiger partial charge in [0, 0.05) is 7.11 Å². The fourth-order valence-electron chi connectivity index (χ4n) is 4.05. The van der Waals surface area contributed by atoms with Gasteiger partial charge in [-0.05, 0) is 16.7 Å². The Balaban J connectivity index is 1.44. The topological polar surface area (TPSA) is 72.2 Å². The molecule has 0 radical (unpaired) electrons. The molecule has 0 unspecified atom stereocenters. The highest BCUT2D eigenvalue weighted by Crippen LogP contribution is 2.27. The van der Waals surface area contributed by atoms with E-state index in [0.29, 0.717) is 26.4 Å².